The topological polar surface area (TPSA) is 54.8 Å². The second-order valence-corrected chi connectivity index (χ2v) is 7.50. The lowest BCUT2D eigenvalue weighted by atomic mass is 10.2. The van der Waals surface area contributed by atoms with Crippen LogP contribution in [0.25, 0.3) is 11.4 Å². The standard InChI is InChI=1S/C20H19ClFN5S/c21-16-10-9-15(12-17(16)22)24-20(28)23-14-7-5-13(6-8-14)19-26-25-18-4-2-1-3-11-27(18)19/h5-10,12H,1-4,11H2,(H2,23,24,28). The van der Waals surface area contributed by atoms with Crippen molar-refractivity contribution < 1.29 is 4.39 Å². The van der Waals surface area contributed by atoms with Crippen LogP contribution in [-0.4, -0.2) is 19.9 Å². The van der Waals surface area contributed by atoms with E-state index in [0.717, 1.165) is 42.3 Å². The highest BCUT2D eigenvalue weighted by Crippen LogP contribution is 2.24. The maximum absolute atomic E-state index is 13.5. The molecule has 4 rings (SSSR count). The number of aromatic nitrogens is 3. The third-order valence-corrected chi connectivity index (χ3v) is 5.20. The van der Waals surface area contributed by atoms with Crippen molar-refractivity contribution in [3.8, 4) is 11.4 Å². The molecule has 0 saturated heterocycles. The molecule has 28 heavy (non-hydrogen) atoms. The fourth-order valence-corrected chi connectivity index (χ4v) is 3.62. The van der Waals surface area contributed by atoms with Crippen molar-refractivity contribution in [2.24, 2.45) is 0 Å². The van der Waals surface area contributed by atoms with Gasteiger partial charge in [-0.1, -0.05) is 18.0 Å². The largest absolute Gasteiger partial charge is 0.332 e. The normalized spacial score (nSPS) is 13.5. The smallest absolute Gasteiger partial charge is 0.175 e. The average Bonchev–Trinajstić information content (AvgIpc) is 2.93. The van der Waals surface area contributed by atoms with E-state index in [0.29, 0.717) is 10.8 Å². The van der Waals surface area contributed by atoms with Gasteiger partial charge in [0.1, 0.15) is 11.6 Å². The van der Waals surface area contributed by atoms with Gasteiger partial charge in [0, 0.05) is 29.9 Å². The number of benzene rings is 2. The number of thiocarbonyl (C=S) groups is 1. The van der Waals surface area contributed by atoms with Crippen LogP contribution in [-0.2, 0) is 13.0 Å². The lowest BCUT2D eigenvalue weighted by molar-refractivity contribution is 0.629. The van der Waals surface area contributed by atoms with Gasteiger partial charge in [0.2, 0.25) is 0 Å². The minimum atomic E-state index is -0.494. The molecule has 0 amide bonds. The number of nitrogens with zero attached hydrogens (tertiary/aromatic N) is 3. The molecule has 0 atom stereocenters. The quantitative estimate of drug-likeness (QED) is 0.570. The van der Waals surface area contributed by atoms with Crippen molar-refractivity contribution in [1.82, 2.24) is 14.8 Å². The van der Waals surface area contributed by atoms with E-state index < -0.39 is 5.82 Å². The Morgan fingerprint density at radius 3 is 2.54 bits per heavy atom. The van der Waals surface area contributed by atoms with Gasteiger partial charge in [-0.15, -0.1) is 10.2 Å². The van der Waals surface area contributed by atoms with Crippen LogP contribution in [0.5, 0.6) is 0 Å². The van der Waals surface area contributed by atoms with Gasteiger partial charge < -0.3 is 15.2 Å². The summed E-state index contributed by atoms with van der Waals surface area (Å²) in [7, 11) is 0. The van der Waals surface area contributed by atoms with Gasteiger partial charge in [0.15, 0.2) is 10.9 Å². The molecule has 0 spiro atoms. The average molecular weight is 416 g/mol. The fraction of sp³-hybridized carbons (Fsp3) is 0.250. The molecule has 2 heterocycles. The van der Waals surface area contributed by atoms with Crippen LogP contribution in [0, 0.1) is 5.82 Å². The third kappa shape index (κ3) is 4.15. The molecule has 8 heteroatoms. The summed E-state index contributed by atoms with van der Waals surface area (Å²) in [5, 5.41) is 15.2. The van der Waals surface area contributed by atoms with E-state index >= 15 is 0 Å². The summed E-state index contributed by atoms with van der Waals surface area (Å²) in [6, 6.07) is 12.3. The summed E-state index contributed by atoms with van der Waals surface area (Å²) in [6.07, 6.45) is 4.54. The minimum absolute atomic E-state index is 0.0754. The second-order valence-electron chi connectivity index (χ2n) is 6.69. The molecule has 1 aliphatic heterocycles. The van der Waals surface area contributed by atoms with Gasteiger partial charge in [-0.05, 0) is 67.5 Å². The van der Waals surface area contributed by atoms with E-state index in [1.54, 1.807) is 6.07 Å². The molecule has 0 saturated carbocycles. The summed E-state index contributed by atoms with van der Waals surface area (Å²) >= 11 is 11.0. The predicted molar refractivity (Wildman–Crippen MR) is 114 cm³/mol. The van der Waals surface area contributed by atoms with Crippen molar-refractivity contribution in [2.45, 2.75) is 32.2 Å². The SMILES string of the molecule is Fc1cc(NC(=S)Nc2ccc(-c3nnc4n3CCCCC4)cc2)ccc1Cl. The highest BCUT2D eigenvalue weighted by atomic mass is 35.5. The molecule has 1 aromatic heterocycles. The molecule has 5 nitrogen and oxygen atoms in total. The molecule has 0 fully saturated rings. The first-order valence-electron chi connectivity index (χ1n) is 9.16. The number of aryl methyl sites for hydroxylation is 1. The summed E-state index contributed by atoms with van der Waals surface area (Å²) in [4.78, 5) is 0. The van der Waals surface area contributed by atoms with Crippen molar-refractivity contribution in [3.05, 3.63) is 59.1 Å². The van der Waals surface area contributed by atoms with E-state index in [-0.39, 0.29) is 5.02 Å². The number of rotatable bonds is 3. The Morgan fingerprint density at radius 2 is 1.75 bits per heavy atom. The van der Waals surface area contributed by atoms with E-state index in [2.05, 4.69) is 25.4 Å². The molecule has 1 aliphatic rings. The zero-order chi connectivity index (χ0) is 19.5. The molecule has 0 unspecified atom stereocenters. The number of hydrogen-bond acceptors (Lipinski definition) is 3. The molecule has 2 N–H and O–H groups in total. The fourth-order valence-electron chi connectivity index (χ4n) is 3.27. The minimum Gasteiger partial charge on any atom is -0.332 e. The maximum Gasteiger partial charge on any atom is 0.175 e. The molecular weight excluding hydrogens is 397 g/mol. The van der Waals surface area contributed by atoms with E-state index in [9.17, 15) is 4.39 Å². The molecule has 0 bridgehead atoms. The summed E-state index contributed by atoms with van der Waals surface area (Å²) in [5.74, 6) is 1.47. The van der Waals surface area contributed by atoms with E-state index in [1.807, 2.05) is 24.3 Å². The second kappa shape index (κ2) is 8.24. The van der Waals surface area contributed by atoms with Crippen LogP contribution in [0.3, 0.4) is 0 Å². The van der Waals surface area contributed by atoms with Gasteiger partial charge in [-0.2, -0.15) is 0 Å². The van der Waals surface area contributed by atoms with Crippen LogP contribution < -0.4 is 10.6 Å². The first kappa shape index (κ1) is 18.8. The number of fused-ring (bicyclic) bond motifs is 1. The summed E-state index contributed by atoms with van der Waals surface area (Å²) in [6.45, 7) is 0.962. The van der Waals surface area contributed by atoms with Crippen molar-refractivity contribution >= 4 is 40.3 Å². The number of hydrogen-bond donors (Lipinski definition) is 2. The van der Waals surface area contributed by atoms with Crippen molar-refractivity contribution in [1.29, 1.82) is 0 Å². The third-order valence-electron chi connectivity index (χ3n) is 4.69. The van der Waals surface area contributed by atoms with Crippen LogP contribution in [0.1, 0.15) is 25.1 Å². The first-order valence-corrected chi connectivity index (χ1v) is 9.94. The van der Waals surface area contributed by atoms with Crippen LogP contribution in [0.2, 0.25) is 5.02 Å². The lowest BCUT2D eigenvalue weighted by Crippen LogP contribution is -2.19. The zero-order valence-corrected chi connectivity index (χ0v) is 16.7. The molecule has 0 aliphatic carbocycles. The Hall–Kier alpha value is -2.51. The van der Waals surface area contributed by atoms with Crippen LogP contribution >= 0.6 is 23.8 Å². The number of anilines is 2. The number of nitrogens with one attached hydrogen (secondary N) is 2. The van der Waals surface area contributed by atoms with Crippen LogP contribution in [0.4, 0.5) is 15.8 Å². The Morgan fingerprint density at radius 1 is 1.00 bits per heavy atom. The Labute approximate surface area is 172 Å². The lowest BCUT2D eigenvalue weighted by Gasteiger charge is -2.12. The zero-order valence-electron chi connectivity index (χ0n) is 15.1. The highest BCUT2D eigenvalue weighted by molar-refractivity contribution is 7.80. The van der Waals surface area contributed by atoms with Gasteiger partial charge in [-0.3, -0.25) is 0 Å². The number of halogens is 2. The molecule has 3 aromatic rings. The first-order chi connectivity index (χ1) is 13.6. The molecule has 2 aromatic carbocycles. The Bertz CT molecular complexity index is 1000. The Kier molecular flexibility index (Phi) is 5.54. The van der Waals surface area contributed by atoms with Gasteiger partial charge in [-0.25, -0.2) is 4.39 Å². The van der Waals surface area contributed by atoms with Crippen molar-refractivity contribution in [2.75, 3.05) is 10.6 Å². The van der Waals surface area contributed by atoms with E-state index in [4.69, 9.17) is 23.8 Å². The highest BCUT2D eigenvalue weighted by Gasteiger charge is 2.15. The predicted octanol–water partition coefficient (Wildman–Crippen LogP) is 5.27. The van der Waals surface area contributed by atoms with Crippen molar-refractivity contribution in [3.63, 3.8) is 0 Å². The van der Waals surface area contributed by atoms with Gasteiger partial charge in [0.25, 0.3) is 0 Å². The van der Waals surface area contributed by atoms with E-state index in [1.165, 1.54) is 25.0 Å². The maximum atomic E-state index is 13.5. The molecule has 0 radical (unpaired) electrons. The molecular formula is C20H19ClFN5S. The van der Waals surface area contributed by atoms with Gasteiger partial charge >= 0.3 is 0 Å². The van der Waals surface area contributed by atoms with Crippen LogP contribution in [0.15, 0.2) is 42.5 Å². The monoisotopic (exact) mass is 415 g/mol. The Balaban J connectivity index is 1.44. The summed E-state index contributed by atoms with van der Waals surface area (Å²) in [5.41, 5.74) is 2.37. The van der Waals surface area contributed by atoms with Gasteiger partial charge in [0.05, 0.1) is 5.02 Å². The molecule has 144 valence electrons. The summed E-state index contributed by atoms with van der Waals surface area (Å²) < 4.78 is 15.8.